The van der Waals surface area contributed by atoms with Crippen molar-refractivity contribution in [2.45, 2.75) is 65.3 Å². The Balaban J connectivity index is 4.90. The number of hydrogen-bond acceptors (Lipinski definition) is 4. The summed E-state index contributed by atoms with van der Waals surface area (Å²) in [6, 6.07) is 3.01. The van der Waals surface area contributed by atoms with Crippen molar-refractivity contribution in [3.8, 4) is 0 Å². The molecular weight excluding hydrogens is 295 g/mol. The zero-order chi connectivity index (χ0) is 16.0. The maximum atomic E-state index is 11.9. The van der Waals surface area contributed by atoms with Gasteiger partial charge in [-0.25, -0.2) is 4.57 Å². The summed E-state index contributed by atoms with van der Waals surface area (Å²) in [4.78, 5) is 21.0. The van der Waals surface area contributed by atoms with Crippen LogP contribution in [0.25, 0.3) is 0 Å². The fourth-order valence-electron chi connectivity index (χ4n) is 2.26. The lowest BCUT2D eigenvalue weighted by Gasteiger charge is -2.35. The van der Waals surface area contributed by atoms with E-state index in [-0.39, 0.29) is 6.10 Å². The van der Waals surface area contributed by atoms with E-state index < -0.39 is 27.8 Å². The molecule has 0 saturated carbocycles. The molecule has 0 spiro atoms. The first-order valence-electron chi connectivity index (χ1n) is 7.36. The maximum Gasteiger partial charge on any atom is 0.375 e. The molecule has 0 aliphatic carbocycles. The van der Waals surface area contributed by atoms with Crippen LogP contribution in [-0.2, 0) is 18.3 Å². The highest BCUT2D eigenvalue weighted by Gasteiger charge is 2.36. The summed E-state index contributed by atoms with van der Waals surface area (Å²) in [6.07, 6.45) is 0.436. The molecule has 1 N–H and O–H groups in total. The van der Waals surface area contributed by atoms with Crippen molar-refractivity contribution in [3.05, 3.63) is 0 Å². The summed E-state index contributed by atoms with van der Waals surface area (Å²) in [5.41, 5.74) is 0. The first kappa shape index (κ1) is 19.8. The second-order valence-electron chi connectivity index (χ2n) is 5.31. The zero-order valence-electron chi connectivity index (χ0n) is 13.5. The Hall–Kier alpha value is -0.163. The van der Waals surface area contributed by atoms with E-state index >= 15 is 0 Å². The minimum Gasteiger partial charge on any atom is -0.413 e. The van der Waals surface area contributed by atoms with Crippen LogP contribution in [0.1, 0.15) is 41.0 Å². The lowest BCUT2D eigenvalue weighted by Crippen LogP contribution is -2.43. The van der Waals surface area contributed by atoms with Gasteiger partial charge in [-0.1, -0.05) is 27.7 Å². The summed E-state index contributed by atoms with van der Waals surface area (Å²) < 4.78 is 22.1. The number of carbonyl (C=O) groups excluding carboxylic acids is 1. The van der Waals surface area contributed by atoms with Gasteiger partial charge in [-0.15, -0.1) is 0 Å². The van der Waals surface area contributed by atoms with Crippen molar-refractivity contribution in [2.24, 2.45) is 5.92 Å². The average Bonchev–Trinajstić information content (AvgIpc) is 2.38. The van der Waals surface area contributed by atoms with Gasteiger partial charge in [-0.05, 0) is 31.5 Å². The van der Waals surface area contributed by atoms with Gasteiger partial charge in [-0.3, -0.25) is 4.79 Å². The molecule has 0 saturated heterocycles. The van der Waals surface area contributed by atoms with Crippen LogP contribution in [0.3, 0.4) is 0 Å². The largest absolute Gasteiger partial charge is 0.413 e. The van der Waals surface area contributed by atoms with Crippen molar-refractivity contribution >= 4 is 21.9 Å². The molecule has 0 rings (SSSR count). The van der Waals surface area contributed by atoms with E-state index in [1.165, 1.54) is 0 Å². The predicted octanol–water partition coefficient (Wildman–Crippen LogP) is 3.78. The predicted molar refractivity (Wildman–Crippen MR) is 83.4 cm³/mol. The van der Waals surface area contributed by atoms with E-state index in [4.69, 9.17) is 9.32 Å². The SMILES string of the molecule is CC[C@H](O[Si](CC)(CC)CC)[C@@H](C)C(=O)OP(C)(=O)O. The fourth-order valence-corrected chi connectivity index (χ4v) is 5.78. The summed E-state index contributed by atoms with van der Waals surface area (Å²) in [5, 5.41) is 0. The molecule has 0 radical (unpaired) electrons. The van der Waals surface area contributed by atoms with Crippen molar-refractivity contribution in [3.63, 3.8) is 0 Å². The Labute approximate surface area is 123 Å². The molecule has 0 aromatic heterocycles. The van der Waals surface area contributed by atoms with Crippen LogP contribution in [0.4, 0.5) is 0 Å². The highest BCUT2D eigenvalue weighted by molar-refractivity contribution is 7.52. The number of rotatable bonds is 9. The highest BCUT2D eigenvalue weighted by Crippen LogP contribution is 2.38. The lowest BCUT2D eigenvalue weighted by atomic mass is 10.0. The van der Waals surface area contributed by atoms with Crippen molar-refractivity contribution < 1.29 is 23.2 Å². The Kier molecular flexibility index (Phi) is 8.25. The van der Waals surface area contributed by atoms with Gasteiger partial charge in [0.05, 0.1) is 12.0 Å². The lowest BCUT2D eigenvalue weighted by molar-refractivity contribution is -0.142. The summed E-state index contributed by atoms with van der Waals surface area (Å²) >= 11 is 0. The van der Waals surface area contributed by atoms with Crippen molar-refractivity contribution in [1.29, 1.82) is 0 Å². The molecule has 5 nitrogen and oxygen atoms in total. The third-order valence-corrected chi connectivity index (χ3v) is 9.11. The van der Waals surface area contributed by atoms with Crippen LogP contribution in [0, 0.1) is 5.92 Å². The topological polar surface area (TPSA) is 72.8 Å². The molecule has 0 aliphatic rings. The Morgan fingerprint density at radius 2 is 1.65 bits per heavy atom. The van der Waals surface area contributed by atoms with Gasteiger partial charge < -0.3 is 13.8 Å². The molecule has 3 atom stereocenters. The zero-order valence-corrected chi connectivity index (χ0v) is 15.4. The third kappa shape index (κ3) is 6.08. The van der Waals surface area contributed by atoms with E-state index in [2.05, 4.69) is 25.3 Å². The second-order valence-corrected chi connectivity index (χ2v) is 11.8. The van der Waals surface area contributed by atoms with Crippen LogP contribution in [0.5, 0.6) is 0 Å². The molecule has 0 aromatic rings. The highest BCUT2D eigenvalue weighted by atomic mass is 31.2. The van der Waals surface area contributed by atoms with Gasteiger partial charge in [-0.2, -0.15) is 0 Å². The van der Waals surface area contributed by atoms with Gasteiger partial charge in [0.2, 0.25) is 0 Å². The van der Waals surface area contributed by atoms with Gasteiger partial charge >= 0.3 is 13.6 Å². The molecular formula is C13H29O5PSi. The molecule has 0 heterocycles. The molecule has 0 bridgehead atoms. The minimum atomic E-state index is -3.79. The molecule has 0 amide bonds. The van der Waals surface area contributed by atoms with Gasteiger partial charge in [0, 0.05) is 6.66 Å². The van der Waals surface area contributed by atoms with Crippen LogP contribution in [-0.4, -0.2) is 31.9 Å². The Bertz CT molecular complexity index is 342. The van der Waals surface area contributed by atoms with E-state index in [1.54, 1.807) is 6.92 Å². The first-order valence-corrected chi connectivity index (χ1v) is 11.9. The Morgan fingerprint density at radius 1 is 1.20 bits per heavy atom. The van der Waals surface area contributed by atoms with E-state index in [0.29, 0.717) is 6.42 Å². The average molecular weight is 324 g/mol. The number of hydrogen-bond donors (Lipinski definition) is 1. The first-order chi connectivity index (χ1) is 9.14. The van der Waals surface area contributed by atoms with E-state index in [0.717, 1.165) is 24.8 Å². The van der Waals surface area contributed by atoms with Crippen LogP contribution in [0.15, 0.2) is 0 Å². The van der Waals surface area contributed by atoms with Crippen LogP contribution < -0.4 is 0 Å². The van der Waals surface area contributed by atoms with Crippen molar-refractivity contribution in [2.75, 3.05) is 6.66 Å². The summed E-state index contributed by atoms with van der Waals surface area (Å²) in [6.45, 7) is 11.1. The normalized spacial score (nSPS) is 18.1. The fraction of sp³-hybridized carbons (Fsp3) is 0.923. The third-order valence-electron chi connectivity index (χ3n) is 3.93. The summed E-state index contributed by atoms with van der Waals surface area (Å²) in [7, 11) is -5.60. The molecule has 20 heavy (non-hydrogen) atoms. The van der Waals surface area contributed by atoms with Gasteiger partial charge in [0.1, 0.15) is 0 Å². The molecule has 120 valence electrons. The van der Waals surface area contributed by atoms with Gasteiger partial charge in [0.15, 0.2) is 8.32 Å². The van der Waals surface area contributed by atoms with E-state index in [9.17, 15) is 9.36 Å². The molecule has 7 heteroatoms. The maximum absolute atomic E-state index is 11.9. The van der Waals surface area contributed by atoms with Crippen LogP contribution in [0.2, 0.25) is 18.1 Å². The quantitative estimate of drug-likeness (QED) is 0.516. The molecule has 0 aliphatic heterocycles. The molecule has 0 aromatic carbocycles. The second kappa shape index (κ2) is 8.32. The smallest absolute Gasteiger partial charge is 0.375 e. The standard InChI is InChI=1S/C13H29O5PSi/c1-7-12(18-20(8-2,9-3)10-4)11(5)13(14)17-19(6,15)16/h11-12H,7-10H2,1-6H3,(H,15,16)/t11-,12+/m1/s1. The molecule has 0 fully saturated rings. The minimum absolute atomic E-state index is 0.249. The van der Waals surface area contributed by atoms with Gasteiger partial charge in [0.25, 0.3) is 0 Å². The Morgan fingerprint density at radius 3 is 1.95 bits per heavy atom. The van der Waals surface area contributed by atoms with E-state index in [1.807, 2.05) is 6.92 Å². The number of carbonyl (C=O) groups is 1. The summed E-state index contributed by atoms with van der Waals surface area (Å²) in [5.74, 6) is -1.19. The molecule has 1 unspecified atom stereocenters. The van der Waals surface area contributed by atoms with Crippen LogP contribution >= 0.6 is 7.60 Å². The monoisotopic (exact) mass is 324 g/mol. The van der Waals surface area contributed by atoms with Crippen molar-refractivity contribution in [1.82, 2.24) is 0 Å².